The summed E-state index contributed by atoms with van der Waals surface area (Å²) in [5.41, 5.74) is 9.72. The highest BCUT2D eigenvalue weighted by atomic mass is 32.1. The number of hydrogen-bond donors (Lipinski definition) is 0. The Morgan fingerprint density at radius 3 is 2.18 bits per heavy atom. The minimum atomic E-state index is -0.146. The van der Waals surface area contributed by atoms with E-state index >= 15 is 0 Å². The number of benzene rings is 4. The van der Waals surface area contributed by atoms with Crippen molar-refractivity contribution >= 4 is 54.6 Å². The zero-order valence-electron chi connectivity index (χ0n) is 23.7. The van der Waals surface area contributed by atoms with E-state index in [9.17, 15) is 0 Å². The fourth-order valence-corrected chi connectivity index (χ4v) is 8.03. The molecular weight excluding hydrogens is 479 g/mol. The summed E-state index contributed by atoms with van der Waals surface area (Å²) in [6.45, 7) is 18.9. The largest absolute Gasteiger partial charge is 0.458 e. The maximum atomic E-state index is 6.71. The van der Waals surface area contributed by atoms with Gasteiger partial charge in [-0.25, -0.2) is 0 Å². The molecule has 1 aromatic heterocycles. The molecule has 0 spiro atoms. The van der Waals surface area contributed by atoms with Crippen molar-refractivity contribution in [2.24, 2.45) is 0 Å². The van der Waals surface area contributed by atoms with Gasteiger partial charge < -0.3 is 4.74 Å². The fraction of sp³-hybridized carbons (Fsp3) is 0.314. The van der Waals surface area contributed by atoms with Crippen molar-refractivity contribution in [1.82, 2.24) is 0 Å². The quantitative estimate of drug-likeness (QED) is 0.187. The number of rotatable bonds is 0. The van der Waals surface area contributed by atoms with Gasteiger partial charge in [-0.3, -0.25) is 0 Å². The Hall–Kier alpha value is -3.04. The second-order valence-corrected chi connectivity index (χ2v) is 14.9. The van der Waals surface area contributed by atoms with Crippen LogP contribution >= 0.6 is 11.3 Å². The van der Waals surface area contributed by atoms with Crippen LogP contribution in [-0.4, -0.2) is 6.71 Å². The molecule has 0 aliphatic carbocycles. The van der Waals surface area contributed by atoms with E-state index in [0.29, 0.717) is 0 Å². The first-order chi connectivity index (χ1) is 17.9. The van der Waals surface area contributed by atoms with Crippen LogP contribution in [0.1, 0.15) is 77.6 Å². The molecule has 38 heavy (non-hydrogen) atoms. The smallest absolute Gasteiger partial charge is 0.251 e. The maximum Gasteiger partial charge on any atom is 0.251 e. The summed E-state index contributed by atoms with van der Waals surface area (Å²) in [5, 5.41) is 2.73. The van der Waals surface area contributed by atoms with Gasteiger partial charge in [0.05, 0.1) is 0 Å². The Kier molecular flexibility index (Phi) is 4.77. The molecule has 0 radical (unpaired) electrons. The Morgan fingerprint density at radius 1 is 0.711 bits per heavy atom. The first-order valence-electron chi connectivity index (χ1n) is 13.8. The van der Waals surface area contributed by atoms with E-state index in [1.165, 1.54) is 58.8 Å². The van der Waals surface area contributed by atoms with Crippen LogP contribution in [0.15, 0.2) is 66.7 Å². The first-order valence-corrected chi connectivity index (χ1v) is 14.6. The monoisotopic (exact) mass is 514 g/mol. The second-order valence-electron chi connectivity index (χ2n) is 13.8. The van der Waals surface area contributed by atoms with Crippen LogP contribution < -0.4 is 21.1 Å². The molecule has 3 heteroatoms. The zero-order valence-corrected chi connectivity index (χ0v) is 24.6. The molecule has 0 atom stereocenters. The topological polar surface area (TPSA) is 9.23 Å². The SMILES string of the molecule is CC(C)(C)c1ccc2c(c1)B1c3cc4c(cc3C(C)(C)c3c(C(C)(C)C)ccc(c31)O2)sc1ccccc14. The first kappa shape index (κ1) is 24.0. The van der Waals surface area contributed by atoms with E-state index in [1.54, 1.807) is 0 Å². The predicted octanol–water partition coefficient (Wildman–Crippen LogP) is 7.91. The van der Waals surface area contributed by atoms with Crippen LogP contribution in [0.5, 0.6) is 11.5 Å². The van der Waals surface area contributed by atoms with E-state index in [2.05, 4.69) is 122 Å². The van der Waals surface area contributed by atoms with Gasteiger partial charge in [0.15, 0.2) is 0 Å². The van der Waals surface area contributed by atoms with Gasteiger partial charge >= 0.3 is 0 Å². The number of ether oxygens (including phenoxy) is 1. The molecule has 2 aliphatic rings. The van der Waals surface area contributed by atoms with Crippen molar-refractivity contribution in [1.29, 1.82) is 0 Å². The molecule has 0 N–H and O–H groups in total. The summed E-state index contributed by atoms with van der Waals surface area (Å²) in [6.07, 6.45) is 0. The minimum Gasteiger partial charge on any atom is -0.458 e. The third-order valence-electron chi connectivity index (χ3n) is 8.87. The molecule has 0 fully saturated rings. The molecular formula is C35H35BOS. The molecule has 0 amide bonds. The molecule has 5 aromatic rings. The Bertz CT molecular complexity index is 1790. The highest BCUT2D eigenvalue weighted by molar-refractivity contribution is 7.25. The van der Waals surface area contributed by atoms with E-state index in [-0.39, 0.29) is 23.0 Å². The van der Waals surface area contributed by atoms with Gasteiger partial charge in [0, 0.05) is 20.2 Å². The van der Waals surface area contributed by atoms with Gasteiger partial charge in [-0.05, 0) is 73.7 Å². The summed E-state index contributed by atoms with van der Waals surface area (Å²) in [6, 6.07) is 25.3. The van der Waals surface area contributed by atoms with Gasteiger partial charge in [0.2, 0.25) is 0 Å². The Labute approximate surface area is 230 Å². The van der Waals surface area contributed by atoms with Crippen molar-refractivity contribution in [3.63, 3.8) is 0 Å². The minimum absolute atomic E-state index is 0.0267. The molecule has 190 valence electrons. The van der Waals surface area contributed by atoms with E-state index in [1.807, 2.05) is 11.3 Å². The summed E-state index contributed by atoms with van der Waals surface area (Å²) < 4.78 is 9.45. The van der Waals surface area contributed by atoms with Crippen molar-refractivity contribution in [3.05, 3.63) is 89.0 Å². The van der Waals surface area contributed by atoms with Gasteiger partial charge in [-0.15, -0.1) is 11.3 Å². The van der Waals surface area contributed by atoms with Gasteiger partial charge in [-0.2, -0.15) is 0 Å². The average molecular weight is 515 g/mol. The lowest BCUT2D eigenvalue weighted by Gasteiger charge is -2.44. The Morgan fingerprint density at radius 2 is 1.45 bits per heavy atom. The number of thiophene rings is 1. The maximum absolute atomic E-state index is 6.71. The van der Waals surface area contributed by atoms with E-state index in [4.69, 9.17) is 4.74 Å². The molecule has 3 heterocycles. The van der Waals surface area contributed by atoms with Crippen LogP contribution in [0.3, 0.4) is 0 Å². The standard InChI is InChI=1S/C35H35BOS/c1-33(2,3)20-13-15-27-26(17-20)36-25-18-22-21-11-9-10-12-29(21)38-30(22)19-24(25)35(7,8)31-23(34(4,5)6)14-16-28(37-27)32(31)36/h9-19H,1-8H3. The molecule has 0 bridgehead atoms. The lowest BCUT2D eigenvalue weighted by molar-refractivity contribution is 0.480. The molecule has 0 unspecified atom stereocenters. The van der Waals surface area contributed by atoms with Crippen LogP contribution in [0.25, 0.3) is 20.2 Å². The lowest BCUT2D eigenvalue weighted by Crippen LogP contribution is -2.63. The normalized spacial score (nSPS) is 15.7. The highest BCUT2D eigenvalue weighted by Crippen LogP contribution is 2.45. The Balaban J connectivity index is 1.63. The van der Waals surface area contributed by atoms with Gasteiger partial charge in [0.1, 0.15) is 11.5 Å². The molecule has 4 aromatic carbocycles. The predicted molar refractivity (Wildman–Crippen MR) is 166 cm³/mol. The third kappa shape index (κ3) is 3.24. The fourth-order valence-electron chi connectivity index (χ4n) is 6.91. The van der Waals surface area contributed by atoms with Gasteiger partial charge in [-0.1, -0.05) is 103 Å². The molecule has 2 aliphatic heterocycles. The summed E-state index contributed by atoms with van der Waals surface area (Å²) in [5.74, 6) is 2.01. The molecule has 1 nitrogen and oxygen atoms in total. The van der Waals surface area contributed by atoms with Crippen molar-refractivity contribution < 1.29 is 4.74 Å². The molecule has 0 saturated heterocycles. The summed E-state index contributed by atoms with van der Waals surface area (Å²) >= 11 is 1.92. The van der Waals surface area contributed by atoms with Crippen LogP contribution in [0.4, 0.5) is 0 Å². The van der Waals surface area contributed by atoms with Crippen LogP contribution in [-0.2, 0) is 16.2 Å². The van der Waals surface area contributed by atoms with E-state index < -0.39 is 0 Å². The third-order valence-corrected chi connectivity index (χ3v) is 10.0. The van der Waals surface area contributed by atoms with Crippen LogP contribution in [0, 0.1) is 0 Å². The molecule has 0 saturated carbocycles. The number of fused-ring (bicyclic) bond motifs is 7. The highest BCUT2D eigenvalue weighted by Gasteiger charge is 2.47. The van der Waals surface area contributed by atoms with E-state index in [0.717, 1.165) is 11.5 Å². The summed E-state index contributed by atoms with van der Waals surface area (Å²) in [7, 11) is 0. The molecule has 7 rings (SSSR count). The van der Waals surface area contributed by atoms with Crippen molar-refractivity contribution in [3.8, 4) is 11.5 Å². The van der Waals surface area contributed by atoms with Gasteiger partial charge in [0.25, 0.3) is 6.71 Å². The lowest BCUT2D eigenvalue weighted by atomic mass is 9.30. The van der Waals surface area contributed by atoms with Crippen molar-refractivity contribution in [2.75, 3.05) is 0 Å². The van der Waals surface area contributed by atoms with Crippen molar-refractivity contribution in [2.45, 2.75) is 71.6 Å². The summed E-state index contributed by atoms with van der Waals surface area (Å²) in [4.78, 5) is 0. The second kappa shape index (κ2) is 7.54. The number of hydrogen-bond acceptors (Lipinski definition) is 2. The van der Waals surface area contributed by atoms with Crippen LogP contribution in [0.2, 0.25) is 0 Å². The average Bonchev–Trinajstić information content (AvgIpc) is 3.21. The zero-order chi connectivity index (χ0) is 26.8.